The lowest BCUT2D eigenvalue weighted by atomic mass is 10.0. The Bertz CT molecular complexity index is 603. The van der Waals surface area contributed by atoms with Crippen LogP contribution in [0.3, 0.4) is 0 Å². The quantitative estimate of drug-likeness (QED) is 0.585. The van der Waals surface area contributed by atoms with Crippen molar-refractivity contribution in [3.05, 3.63) is 65.6 Å². The Balaban J connectivity index is 2.34. The molecule has 0 atom stereocenters. The van der Waals surface area contributed by atoms with Crippen molar-refractivity contribution < 1.29 is 4.39 Å². The molecular weight excluding hydrogens is 241 g/mol. The minimum Gasteiger partial charge on any atom is -0.403 e. The van der Waals surface area contributed by atoms with E-state index in [1.54, 1.807) is 13.0 Å². The fraction of sp³-hybridized carbons (Fsp3) is 0.0667. The largest absolute Gasteiger partial charge is 0.403 e. The summed E-state index contributed by atoms with van der Waals surface area (Å²) in [7, 11) is 0. The number of aryl methyl sites for hydroxylation is 1. The van der Waals surface area contributed by atoms with Crippen LogP contribution >= 0.6 is 0 Å². The molecule has 0 aromatic heterocycles. The van der Waals surface area contributed by atoms with Crippen LogP contribution in [0.25, 0.3) is 16.8 Å². The first kappa shape index (κ1) is 13.1. The summed E-state index contributed by atoms with van der Waals surface area (Å²) >= 11 is 0. The van der Waals surface area contributed by atoms with Crippen molar-refractivity contribution in [3.8, 4) is 11.1 Å². The van der Waals surface area contributed by atoms with Gasteiger partial charge < -0.3 is 11.2 Å². The Labute approximate surface area is 111 Å². The molecule has 19 heavy (non-hydrogen) atoms. The molecule has 0 aliphatic heterocycles. The fourth-order valence-electron chi connectivity index (χ4n) is 1.84. The van der Waals surface area contributed by atoms with Crippen molar-refractivity contribution in [1.29, 1.82) is 0 Å². The summed E-state index contributed by atoms with van der Waals surface area (Å²) in [5, 5.41) is 0. The summed E-state index contributed by atoms with van der Waals surface area (Å²) in [6.07, 6.45) is 1.40. The SMILES string of the molecule is Cc1ccc(-c2ccc(/C(=C/N)NN)cc2)cc1F. The predicted octanol–water partition coefficient (Wildman–Crippen LogP) is 2.52. The van der Waals surface area contributed by atoms with Gasteiger partial charge in [0.05, 0.1) is 5.70 Å². The summed E-state index contributed by atoms with van der Waals surface area (Å²) in [5.74, 6) is 5.15. The van der Waals surface area contributed by atoms with Gasteiger partial charge in [0.1, 0.15) is 5.82 Å². The Morgan fingerprint density at radius 1 is 1.11 bits per heavy atom. The Morgan fingerprint density at radius 2 is 1.74 bits per heavy atom. The molecule has 4 heteroatoms. The van der Waals surface area contributed by atoms with Gasteiger partial charge in [-0.15, -0.1) is 0 Å². The zero-order valence-corrected chi connectivity index (χ0v) is 10.7. The van der Waals surface area contributed by atoms with Crippen LogP contribution < -0.4 is 17.0 Å². The number of hydrazine groups is 1. The van der Waals surface area contributed by atoms with Crippen LogP contribution in [0.1, 0.15) is 11.1 Å². The molecule has 98 valence electrons. The van der Waals surface area contributed by atoms with E-state index in [9.17, 15) is 4.39 Å². The Hall–Kier alpha value is -2.33. The van der Waals surface area contributed by atoms with Crippen molar-refractivity contribution in [2.24, 2.45) is 11.6 Å². The third-order valence-corrected chi connectivity index (χ3v) is 3.02. The van der Waals surface area contributed by atoms with E-state index in [1.807, 2.05) is 30.3 Å². The van der Waals surface area contributed by atoms with Crippen molar-refractivity contribution in [1.82, 2.24) is 5.43 Å². The van der Waals surface area contributed by atoms with Gasteiger partial charge in [-0.3, -0.25) is 5.84 Å². The average molecular weight is 257 g/mol. The van der Waals surface area contributed by atoms with E-state index in [4.69, 9.17) is 11.6 Å². The van der Waals surface area contributed by atoms with E-state index in [0.29, 0.717) is 11.3 Å². The van der Waals surface area contributed by atoms with Crippen LogP contribution in [0.4, 0.5) is 4.39 Å². The van der Waals surface area contributed by atoms with Crippen molar-refractivity contribution >= 4 is 5.70 Å². The molecule has 0 fully saturated rings. The van der Waals surface area contributed by atoms with E-state index in [-0.39, 0.29) is 5.82 Å². The fourth-order valence-corrected chi connectivity index (χ4v) is 1.84. The lowest BCUT2D eigenvalue weighted by Gasteiger charge is -2.08. The van der Waals surface area contributed by atoms with Gasteiger partial charge in [-0.05, 0) is 29.7 Å². The highest BCUT2D eigenvalue weighted by Crippen LogP contribution is 2.23. The van der Waals surface area contributed by atoms with Crippen molar-refractivity contribution in [3.63, 3.8) is 0 Å². The average Bonchev–Trinajstić information content (AvgIpc) is 2.44. The third-order valence-electron chi connectivity index (χ3n) is 3.02. The van der Waals surface area contributed by atoms with Crippen molar-refractivity contribution in [2.75, 3.05) is 0 Å². The standard InChI is InChI=1S/C15H16FN3/c1-10-2-3-13(8-14(10)16)11-4-6-12(7-5-11)15(9-17)19-18/h2-9,19H,17-18H2,1H3/b15-9-. The third kappa shape index (κ3) is 2.74. The molecule has 0 aliphatic rings. The molecule has 0 bridgehead atoms. The maximum absolute atomic E-state index is 13.5. The van der Waals surface area contributed by atoms with E-state index >= 15 is 0 Å². The normalized spacial score (nSPS) is 11.4. The molecule has 3 nitrogen and oxygen atoms in total. The lowest BCUT2D eigenvalue weighted by Crippen LogP contribution is -2.20. The van der Waals surface area contributed by atoms with Gasteiger partial charge in [-0.1, -0.05) is 36.4 Å². The van der Waals surface area contributed by atoms with Crippen LogP contribution in [0, 0.1) is 12.7 Å². The Morgan fingerprint density at radius 3 is 2.26 bits per heavy atom. The molecule has 0 saturated carbocycles. The van der Waals surface area contributed by atoms with Crippen LogP contribution in [0.5, 0.6) is 0 Å². The summed E-state index contributed by atoms with van der Waals surface area (Å²) in [4.78, 5) is 0. The van der Waals surface area contributed by atoms with Gasteiger partial charge in [0.25, 0.3) is 0 Å². The van der Waals surface area contributed by atoms with Gasteiger partial charge in [0.15, 0.2) is 0 Å². The number of nitrogens with two attached hydrogens (primary N) is 2. The van der Waals surface area contributed by atoms with Gasteiger partial charge >= 0.3 is 0 Å². The number of hydrogen-bond acceptors (Lipinski definition) is 3. The molecule has 0 saturated heterocycles. The van der Waals surface area contributed by atoms with Crippen LogP contribution in [-0.2, 0) is 0 Å². The molecule has 0 spiro atoms. The summed E-state index contributed by atoms with van der Waals surface area (Å²) < 4.78 is 13.5. The first-order valence-electron chi connectivity index (χ1n) is 5.91. The molecule has 5 N–H and O–H groups in total. The molecule has 2 aromatic rings. The van der Waals surface area contributed by atoms with Gasteiger partial charge in [-0.2, -0.15) is 0 Å². The molecule has 0 amide bonds. The van der Waals surface area contributed by atoms with E-state index in [1.165, 1.54) is 12.3 Å². The smallest absolute Gasteiger partial charge is 0.126 e. The minimum atomic E-state index is -0.201. The second kappa shape index (κ2) is 5.54. The number of halogens is 1. The topological polar surface area (TPSA) is 64.1 Å². The maximum Gasteiger partial charge on any atom is 0.126 e. The molecular formula is C15H16FN3. The highest BCUT2D eigenvalue weighted by atomic mass is 19.1. The highest BCUT2D eigenvalue weighted by Gasteiger charge is 2.03. The van der Waals surface area contributed by atoms with Gasteiger partial charge in [0.2, 0.25) is 0 Å². The predicted molar refractivity (Wildman–Crippen MR) is 76.1 cm³/mol. The summed E-state index contributed by atoms with van der Waals surface area (Å²) in [5.41, 5.74) is 11.9. The molecule has 0 aliphatic carbocycles. The van der Waals surface area contributed by atoms with E-state index in [2.05, 4.69) is 5.43 Å². The Kier molecular flexibility index (Phi) is 3.82. The number of nitrogens with one attached hydrogen (secondary N) is 1. The van der Waals surface area contributed by atoms with E-state index < -0.39 is 0 Å². The second-order valence-electron chi connectivity index (χ2n) is 4.27. The number of rotatable bonds is 3. The molecule has 0 radical (unpaired) electrons. The second-order valence-corrected chi connectivity index (χ2v) is 4.27. The molecule has 2 aromatic carbocycles. The van der Waals surface area contributed by atoms with Crippen molar-refractivity contribution in [2.45, 2.75) is 6.92 Å². The number of benzene rings is 2. The first-order valence-corrected chi connectivity index (χ1v) is 5.91. The maximum atomic E-state index is 13.5. The highest BCUT2D eigenvalue weighted by molar-refractivity contribution is 5.69. The van der Waals surface area contributed by atoms with Gasteiger partial charge in [-0.25, -0.2) is 4.39 Å². The molecule has 0 heterocycles. The molecule has 0 unspecified atom stereocenters. The summed E-state index contributed by atoms with van der Waals surface area (Å²) in [6.45, 7) is 1.74. The monoisotopic (exact) mass is 257 g/mol. The van der Waals surface area contributed by atoms with Crippen LogP contribution in [0.15, 0.2) is 48.7 Å². The van der Waals surface area contributed by atoms with E-state index in [0.717, 1.165) is 16.7 Å². The lowest BCUT2D eigenvalue weighted by molar-refractivity contribution is 0.619. The zero-order valence-electron chi connectivity index (χ0n) is 10.7. The first-order chi connectivity index (χ1) is 9.15. The van der Waals surface area contributed by atoms with Crippen LogP contribution in [-0.4, -0.2) is 0 Å². The zero-order chi connectivity index (χ0) is 13.8. The van der Waals surface area contributed by atoms with Gasteiger partial charge in [0, 0.05) is 11.8 Å². The van der Waals surface area contributed by atoms with Crippen LogP contribution in [0.2, 0.25) is 0 Å². The minimum absolute atomic E-state index is 0.201. The summed E-state index contributed by atoms with van der Waals surface area (Å²) in [6, 6.07) is 12.8. The molecule has 2 rings (SSSR count). The number of hydrogen-bond donors (Lipinski definition) is 3.